The standard InChI is InChI=1S/C20H22FNO3/c1-24-19-10-8-16(13-18(19)21)20(23)22-11-12-25-17(14-22)9-7-15-5-3-2-4-6-15/h2-6,8,10,13,17H,7,9,11-12,14H2,1H3/t17-/m0/s1. The van der Waals surface area contributed by atoms with Crippen LogP contribution < -0.4 is 4.74 Å². The zero-order chi connectivity index (χ0) is 17.6. The van der Waals surface area contributed by atoms with Gasteiger partial charge in [0.25, 0.3) is 5.91 Å². The first-order chi connectivity index (χ1) is 12.2. The maximum absolute atomic E-state index is 13.8. The van der Waals surface area contributed by atoms with Crippen molar-refractivity contribution in [2.45, 2.75) is 18.9 Å². The minimum absolute atomic E-state index is 0.000927. The number of ether oxygens (including phenoxy) is 2. The number of carbonyl (C=O) groups is 1. The average molecular weight is 343 g/mol. The van der Waals surface area contributed by atoms with Gasteiger partial charge in [-0.25, -0.2) is 4.39 Å². The van der Waals surface area contributed by atoms with Crippen molar-refractivity contribution in [3.8, 4) is 5.75 Å². The first-order valence-corrected chi connectivity index (χ1v) is 8.45. The lowest BCUT2D eigenvalue weighted by molar-refractivity contribution is -0.0246. The van der Waals surface area contributed by atoms with E-state index in [-0.39, 0.29) is 17.8 Å². The number of amides is 1. The third-order valence-electron chi connectivity index (χ3n) is 4.42. The van der Waals surface area contributed by atoms with E-state index in [0.29, 0.717) is 25.3 Å². The molecule has 0 saturated carbocycles. The largest absolute Gasteiger partial charge is 0.494 e. The molecule has 4 nitrogen and oxygen atoms in total. The number of rotatable bonds is 5. The molecule has 0 bridgehead atoms. The number of nitrogens with zero attached hydrogens (tertiary/aromatic N) is 1. The van der Waals surface area contributed by atoms with E-state index in [1.807, 2.05) is 18.2 Å². The number of halogens is 1. The van der Waals surface area contributed by atoms with Crippen LogP contribution in [0.25, 0.3) is 0 Å². The van der Waals surface area contributed by atoms with Crippen molar-refractivity contribution in [1.29, 1.82) is 0 Å². The highest BCUT2D eigenvalue weighted by atomic mass is 19.1. The molecule has 1 fully saturated rings. The van der Waals surface area contributed by atoms with Crippen LogP contribution in [-0.4, -0.2) is 43.7 Å². The van der Waals surface area contributed by atoms with Crippen LogP contribution in [0.15, 0.2) is 48.5 Å². The molecule has 0 aromatic heterocycles. The lowest BCUT2D eigenvalue weighted by Gasteiger charge is -2.33. The maximum Gasteiger partial charge on any atom is 0.254 e. The van der Waals surface area contributed by atoms with Crippen molar-refractivity contribution in [1.82, 2.24) is 4.90 Å². The van der Waals surface area contributed by atoms with Gasteiger partial charge in [-0.3, -0.25) is 4.79 Å². The molecule has 0 aliphatic carbocycles. The number of morpholine rings is 1. The zero-order valence-corrected chi connectivity index (χ0v) is 14.3. The summed E-state index contributed by atoms with van der Waals surface area (Å²) in [5, 5.41) is 0. The molecule has 2 aromatic rings. The third-order valence-corrected chi connectivity index (χ3v) is 4.42. The lowest BCUT2D eigenvalue weighted by atomic mass is 10.1. The molecular formula is C20H22FNO3. The Labute approximate surface area is 147 Å². The fraction of sp³-hybridized carbons (Fsp3) is 0.350. The van der Waals surface area contributed by atoms with Gasteiger partial charge >= 0.3 is 0 Å². The Kier molecular flexibility index (Phi) is 5.66. The molecule has 1 heterocycles. The molecule has 0 unspecified atom stereocenters. The van der Waals surface area contributed by atoms with Crippen LogP contribution >= 0.6 is 0 Å². The number of benzene rings is 2. The minimum atomic E-state index is -0.526. The van der Waals surface area contributed by atoms with Gasteiger partial charge < -0.3 is 14.4 Å². The first kappa shape index (κ1) is 17.4. The van der Waals surface area contributed by atoms with Gasteiger partial charge in [-0.2, -0.15) is 0 Å². The number of hydrogen-bond donors (Lipinski definition) is 0. The van der Waals surface area contributed by atoms with Gasteiger partial charge in [-0.1, -0.05) is 30.3 Å². The van der Waals surface area contributed by atoms with Crippen LogP contribution in [0.5, 0.6) is 5.75 Å². The van der Waals surface area contributed by atoms with Gasteiger partial charge in [0.05, 0.1) is 19.8 Å². The molecule has 25 heavy (non-hydrogen) atoms. The van der Waals surface area contributed by atoms with E-state index in [2.05, 4.69) is 12.1 Å². The summed E-state index contributed by atoms with van der Waals surface area (Å²) in [7, 11) is 1.40. The highest BCUT2D eigenvalue weighted by Gasteiger charge is 2.25. The smallest absolute Gasteiger partial charge is 0.254 e. The van der Waals surface area contributed by atoms with E-state index >= 15 is 0 Å². The van der Waals surface area contributed by atoms with Gasteiger partial charge in [0.1, 0.15) is 0 Å². The SMILES string of the molecule is COc1ccc(C(=O)N2CCO[C@@H](CCc3ccccc3)C2)cc1F. The molecule has 0 spiro atoms. The summed E-state index contributed by atoms with van der Waals surface area (Å²) in [4.78, 5) is 14.4. The molecule has 5 heteroatoms. The van der Waals surface area contributed by atoms with Crippen LogP contribution in [0.2, 0.25) is 0 Å². The number of aryl methyl sites for hydroxylation is 1. The Morgan fingerprint density at radius 3 is 2.80 bits per heavy atom. The van der Waals surface area contributed by atoms with E-state index in [9.17, 15) is 9.18 Å². The van der Waals surface area contributed by atoms with Crippen LogP contribution in [0, 0.1) is 5.82 Å². The quantitative estimate of drug-likeness (QED) is 0.836. The third kappa shape index (κ3) is 4.37. The zero-order valence-electron chi connectivity index (χ0n) is 14.3. The highest BCUT2D eigenvalue weighted by Crippen LogP contribution is 2.20. The second kappa shape index (κ2) is 8.12. The summed E-state index contributed by atoms with van der Waals surface area (Å²) >= 11 is 0. The van der Waals surface area contributed by atoms with Gasteiger partial charge in [0, 0.05) is 18.7 Å². The average Bonchev–Trinajstić information content (AvgIpc) is 2.67. The lowest BCUT2D eigenvalue weighted by Crippen LogP contribution is -2.45. The molecule has 2 aromatic carbocycles. The Morgan fingerprint density at radius 2 is 2.08 bits per heavy atom. The topological polar surface area (TPSA) is 38.8 Å². The summed E-state index contributed by atoms with van der Waals surface area (Å²) in [5.41, 5.74) is 1.59. The number of hydrogen-bond acceptors (Lipinski definition) is 3. The van der Waals surface area contributed by atoms with Crippen molar-refractivity contribution < 1.29 is 18.7 Å². The summed E-state index contributed by atoms with van der Waals surface area (Å²) in [6.45, 7) is 1.55. The fourth-order valence-electron chi connectivity index (χ4n) is 3.03. The Hall–Kier alpha value is -2.40. The molecule has 132 valence electrons. The van der Waals surface area contributed by atoms with Gasteiger partial charge in [0.15, 0.2) is 11.6 Å². The van der Waals surface area contributed by atoms with E-state index in [1.54, 1.807) is 11.0 Å². The molecule has 1 atom stereocenters. The van der Waals surface area contributed by atoms with Crippen molar-refractivity contribution >= 4 is 5.91 Å². The summed E-state index contributed by atoms with van der Waals surface area (Å²) < 4.78 is 24.5. The Morgan fingerprint density at radius 1 is 1.28 bits per heavy atom. The monoisotopic (exact) mass is 343 g/mol. The highest BCUT2D eigenvalue weighted by molar-refractivity contribution is 5.94. The molecule has 1 aliphatic rings. The predicted octanol–water partition coefficient (Wildman–Crippen LogP) is 3.31. The fourth-order valence-corrected chi connectivity index (χ4v) is 3.03. The van der Waals surface area contributed by atoms with Crippen molar-refractivity contribution in [2.24, 2.45) is 0 Å². The van der Waals surface area contributed by atoms with Crippen LogP contribution in [-0.2, 0) is 11.2 Å². The van der Waals surface area contributed by atoms with E-state index in [0.717, 1.165) is 12.8 Å². The van der Waals surface area contributed by atoms with Gasteiger partial charge in [-0.05, 0) is 36.6 Å². The van der Waals surface area contributed by atoms with E-state index in [1.165, 1.54) is 24.8 Å². The second-order valence-corrected chi connectivity index (χ2v) is 6.12. The second-order valence-electron chi connectivity index (χ2n) is 6.12. The number of methoxy groups -OCH3 is 1. The molecular weight excluding hydrogens is 321 g/mol. The Bertz CT molecular complexity index is 720. The normalized spacial score (nSPS) is 17.4. The molecule has 1 amide bonds. The predicted molar refractivity (Wildman–Crippen MR) is 93.4 cm³/mol. The van der Waals surface area contributed by atoms with E-state index < -0.39 is 5.82 Å². The van der Waals surface area contributed by atoms with Crippen molar-refractivity contribution in [3.63, 3.8) is 0 Å². The summed E-state index contributed by atoms with van der Waals surface area (Å²) in [6, 6.07) is 14.5. The van der Waals surface area contributed by atoms with Crippen LogP contribution in [0.1, 0.15) is 22.3 Å². The van der Waals surface area contributed by atoms with Crippen LogP contribution in [0.4, 0.5) is 4.39 Å². The van der Waals surface area contributed by atoms with Crippen molar-refractivity contribution in [2.75, 3.05) is 26.8 Å². The van der Waals surface area contributed by atoms with E-state index in [4.69, 9.17) is 9.47 Å². The molecule has 3 rings (SSSR count). The minimum Gasteiger partial charge on any atom is -0.494 e. The van der Waals surface area contributed by atoms with Crippen molar-refractivity contribution in [3.05, 3.63) is 65.5 Å². The maximum atomic E-state index is 13.8. The van der Waals surface area contributed by atoms with Gasteiger partial charge in [-0.15, -0.1) is 0 Å². The van der Waals surface area contributed by atoms with Gasteiger partial charge in [0.2, 0.25) is 0 Å². The summed E-state index contributed by atoms with van der Waals surface area (Å²) in [6.07, 6.45) is 1.76. The summed E-state index contributed by atoms with van der Waals surface area (Å²) in [5.74, 6) is -0.559. The Balaban J connectivity index is 1.60. The molecule has 0 radical (unpaired) electrons. The molecule has 1 saturated heterocycles. The molecule has 0 N–H and O–H groups in total. The van der Waals surface area contributed by atoms with Crippen LogP contribution in [0.3, 0.4) is 0 Å². The molecule has 1 aliphatic heterocycles. The number of carbonyl (C=O) groups excluding carboxylic acids is 1. The first-order valence-electron chi connectivity index (χ1n) is 8.45.